The van der Waals surface area contributed by atoms with E-state index in [1.165, 1.54) is 9.13 Å². The Morgan fingerprint density at radius 3 is 2.58 bits per heavy atom. The Morgan fingerprint density at radius 2 is 1.96 bits per heavy atom. The molecule has 9 nitrogen and oxygen atoms in total. The molecule has 1 aliphatic rings. The van der Waals surface area contributed by atoms with Gasteiger partial charge in [-0.25, -0.2) is 9.97 Å². The highest BCUT2D eigenvalue weighted by Crippen LogP contribution is 2.40. The summed E-state index contributed by atoms with van der Waals surface area (Å²) in [5.41, 5.74) is 6.00. The number of anilines is 1. The quantitative estimate of drug-likeness (QED) is 0.621. The van der Waals surface area contributed by atoms with Crippen LogP contribution in [0.3, 0.4) is 0 Å². The second kappa shape index (κ2) is 6.49. The molecule has 0 aromatic carbocycles. The van der Waals surface area contributed by atoms with Gasteiger partial charge in [0.2, 0.25) is 5.95 Å². The fourth-order valence-electron chi connectivity index (χ4n) is 3.13. The summed E-state index contributed by atoms with van der Waals surface area (Å²) in [6, 6.07) is 0. The molecule has 2 aromatic rings. The molecular weight excluding hydrogens is 357 g/mol. The van der Waals surface area contributed by atoms with Gasteiger partial charge in [0.15, 0.2) is 17.4 Å². The molecule has 26 heavy (non-hydrogen) atoms. The van der Waals surface area contributed by atoms with Gasteiger partial charge in [0.05, 0.1) is 6.10 Å². The number of ether oxygens (including phenoxy) is 1. The number of aliphatic hydroxyl groups excluding tert-OH is 2. The first-order chi connectivity index (χ1) is 12.0. The maximum Gasteiger partial charge on any atom is 0.281 e. The average molecular weight is 383 g/mol. The molecule has 0 radical (unpaired) electrons. The number of imidazole rings is 1. The third kappa shape index (κ3) is 3.20. The molecule has 0 spiro atoms. The molecule has 1 fully saturated rings. The van der Waals surface area contributed by atoms with Crippen molar-refractivity contribution < 1.29 is 14.9 Å². The molecule has 0 aliphatic carbocycles. The lowest BCUT2D eigenvalue weighted by molar-refractivity contribution is -0.0340. The SMILES string of the molecule is C=P(C)(C)CC[C@H]1O[C@@H](n2c(N)nc3c(=O)n(C)c(C)nc32)[C@H](O)[C@@H]1O. The highest BCUT2D eigenvalue weighted by molar-refractivity contribution is 7.72. The van der Waals surface area contributed by atoms with Crippen molar-refractivity contribution in [1.29, 1.82) is 0 Å². The number of hydrogen-bond donors (Lipinski definition) is 3. The van der Waals surface area contributed by atoms with Crippen LogP contribution in [-0.2, 0) is 11.8 Å². The number of aromatic nitrogens is 4. The lowest BCUT2D eigenvalue weighted by atomic mass is 10.1. The summed E-state index contributed by atoms with van der Waals surface area (Å²) < 4.78 is 8.68. The van der Waals surface area contributed by atoms with Crippen molar-refractivity contribution >= 4 is 30.3 Å². The number of nitrogen functional groups attached to an aromatic ring is 1. The normalized spacial score (nSPS) is 26.7. The molecule has 144 valence electrons. The zero-order valence-corrected chi connectivity index (χ0v) is 16.3. The Bertz CT molecular complexity index is 946. The molecule has 3 heterocycles. The Hall–Kier alpha value is -1.67. The first-order valence-corrected chi connectivity index (χ1v) is 11.5. The number of rotatable bonds is 4. The number of aliphatic hydroxyl groups is 2. The van der Waals surface area contributed by atoms with Crippen LogP contribution in [0.1, 0.15) is 18.5 Å². The summed E-state index contributed by atoms with van der Waals surface area (Å²) >= 11 is 0. The minimum absolute atomic E-state index is 0.0112. The Balaban J connectivity index is 2.00. The van der Waals surface area contributed by atoms with Crippen LogP contribution in [0.25, 0.3) is 11.2 Å². The third-order valence-corrected chi connectivity index (χ3v) is 6.25. The van der Waals surface area contributed by atoms with E-state index in [1.54, 1.807) is 14.0 Å². The van der Waals surface area contributed by atoms with Crippen molar-refractivity contribution in [2.75, 3.05) is 25.2 Å². The monoisotopic (exact) mass is 383 g/mol. The molecular formula is C16H26N5O4P. The summed E-state index contributed by atoms with van der Waals surface area (Å²) in [7, 11) is 1.60. The first-order valence-electron chi connectivity index (χ1n) is 8.41. The standard InChI is InChI=1S/C16H26N5O4P/c1-8-18-13-10(14(24)20(8)2)19-16(17)21(13)15-12(23)11(22)9(25-15)6-7-26(3,4)5/h9,11-12,15,22-23H,3,6-7H2,1-2,4-5H3,(H2,17,19)/t9-,11-,12-,15-/m1/s1. The smallest absolute Gasteiger partial charge is 0.281 e. The molecule has 4 atom stereocenters. The zero-order valence-electron chi connectivity index (χ0n) is 15.5. The predicted molar refractivity (Wildman–Crippen MR) is 103 cm³/mol. The first kappa shape index (κ1) is 19.1. The summed E-state index contributed by atoms with van der Waals surface area (Å²) in [6.45, 7) is 4.61. The molecule has 0 saturated carbocycles. The molecule has 1 saturated heterocycles. The number of nitrogens with zero attached hydrogens (tertiary/aromatic N) is 4. The van der Waals surface area contributed by atoms with Crippen LogP contribution in [0, 0.1) is 6.92 Å². The van der Waals surface area contributed by atoms with E-state index in [1.807, 2.05) is 0 Å². The van der Waals surface area contributed by atoms with Crippen LogP contribution >= 0.6 is 6.89 Å². The van der Waals surface area contributed by atoms with Gasteiger partial charge in [-0.15, -0.1) is 13.2 Å². The molecule has 4 N–H and O–H groups in total. The van der Waals surface area contributed by atoms with Gasteiger partial charge in [0, 0.05) is 7.05 Å². The van der Waals surface area contributed by atoms with Gasteiger partial charge in [-0.2, -0.15) is 0 Å². The van der Waals surface area contributed by atoms with Crippen molar-refractivity contribution in [3.63, 3.8) is 0 Å². The average Bonchev–Trinajstić information content (AvgIpc) is 3.01. The predicted octanol–water partition coefficient (Wildman–Crippen LogP) is -0.261. The van der Waals surface area contributed by atoms with Crippen molar-refractivity contribution in [3.8, 4) is 0 Å². The number of hydrogen-bond acceptors (Lipinski definition) is 7. The Morgan fingerprint density at radius 1 is 1.31 bits per heavy atom. The summed E-state index contributed by atoms with van der Waals surface area (Å²) in [4.78, 5) is 20.9. The molecule has 1 aliphatic heterocycles. The van der Waals surface area contributed by atoms with E-state index in [-0.39, 0.29) is 22.7 Å². The fourth-order valence-corrected chi connectivity index (χ4v) is 4.09. The third-order valence-electron chi connectivity index (χ3n) is 4.78. The van der Waals surface area contributed by atoms with Gasteiger partial charge in [-0.1, -0.05) is 0 Å². The Kier molecular flexibility index (Phi) is 4.77. The fraction of sp³-hybridized carbons (Fsp3) is 0.625. The maximum atomic E-state index is 12.4. The van der Waals surface area contributed by atoms with Crippen molar-refractivity contribution in [1.82, 2.24) is 19.1 Å². The highest BCUT2D eigenvalue weighted by atomic mass is 31.2. The van der Waals surface area contributed by atoms with Gasteiger partial charge in [0.1, 0.15) is 18.0 Å². The molecule has 10 heteroatoms. The van der Waals surface area contributed by atoms with Crippen LogP contribution in [0.15, 0.2) is 4.79 Å². The van der Waals surface area contributed by atoms with Crippen LogP contribution < -0.4 is 11.3 Å². The van der Waals surface area contributed by atoms with Crippen LogP contribution in [0.5, 0.6) is 0 Å². The minimum Gasteiger partial charge on any atom is -0.388 e. The van der Waals surface area contributed by atoms with Gasteiger partial charge in [0.25, 0.3) is 5.56 Å². The lowest BCUT2D eigenvalue weighted by Crippen LogP contribution is -2.32. The van der Waals surface area contributed by atoms with Crippen molar-refractivity contribution in [3.05, 3.63) is 16.2 Å². The van der Waals surface area contributed by atoms with E-state index in [4.69, 9.17) is 10.5 Å². The molecule has 0 amide bonds. The molecule has 2 aromatic heterocycles. The largest absolute Gasteiger partial charge is 0.388 e. The van der Waals surface area contributed by atoms with E-state index in [0.717, 1.165) is 6.16 Å². The van der Waals surface area contributed by atoms with E-state index >= 15 is 0 Å². The van der Waals surface area contributed by atoms with Gasteiger partial charge >= 0.3 is 0 Å². The summed E-state index contributed by atoms with van der Waals surface area (Å²) in [6.07, 6.45) is 1.81. The van der Waals surface area contributed by atoms with E-state index in [0.29, 0.717) is 12.2 Å². The van der Waals surface area contributed by atoms with E-state index in [2.05, 4.69) is 29.6 Å². The number of nitrogens with two attached hydrogens (primary N) is 1. The second-order valence-electron chi connectivity index (χ2n) is 7.53. The number of aryl methyl sites for hydroxylation is 1. The minimum atomic E-state index is -1.28. The summed E-state index contributed by atoms with van der Waals surface area (Å²) in [5.74, 6) is 0.494. The van der Waals surface area contributed by atoms with Crippen LogP contribution in [0.4, 0.5) is 5.95 Å². The van der Waals surface area contributed by atoms with Gasteiger partial charge < -0.3 is 20.7 Å². The van der Waals surface area contributed by atoms with Gasteiger partial charge in [-0.3, -0.25) is 13.9 Å². The summed E-state index contributed by atoms with van der Waals surface area (Å²) in [5, 5.41) is 20.9. The van der Waals surface area contributed by atoms with Crippen molar-refractivity contribution in [2.45, 2.75) is 37.9 Å². The van der Waals surface area contributed by atoms with E-state index < -0.39 is 31.4 Å². The molecule has 3 rings (SSSR count). The van der Waals surface area contributed by atoms with E-state index in [9.17, 15) is 15.0 Å². The lowest BCUT2D eigenvalue weighted by Gasteiger charge is -2.19. The van der Waals surface area contributed by atoms with Crippen LogP contribution in [-0.4, -0.2) is 73.4 Å². The topological polar surface area (TPSA) is 128 Å². The second-order valence-corrected chi connectivity index (χ2v) is 11.8. The van der Waals surface area contributed by atoms with Crippen LogP contribution in [0.2, 0.25) is 0 Å². The molecule has 0 unspecified atom stereocenters. The van der Waals surface area contributed by atoms with Crippen molar-refractivity contribution in [2.24, 2.45) is 7.05 Å². The maximum absolute atomic E-state index is 12.4. The highest BCUT2D eigenvalue weighted by Gasteiger charge is 2.45. The zero-order chi connectivity index (χ0) is 19.4. The number of fused-ring (bicyclic) bond motifs is 1. The molecule has 0 bridgehead atoms. The Labute approximate surface area is 151 Å². The van der Waals surface area contributed by atoms with Gasteiger partial charge in [-0.05, 0) is 32.8 Å².